The van der Waals surface area contributed by atoms with E-state index in [-0.39, 0.29) is 11.8 Å². The predicted octanol–water partition coefficient (Wildman–Crippen LogP) is 5.32. The fourth-order valence-corrected chi connectivity index (χ4v) is 2.92. The van der Waals surface area contributed by atoms with Gasteiger partial charge in [-0.2, -0.15) is 10.2 Å². The quantitative estimate of drug-likeness (QED) is 0.285. The smallest absolute Gasteiger partial charge is 0.240 e. The Hall–Kier alpha value is -2.70. The summed E-state index contributed by atoms with van der Waals surface area (Å²) in [5, 5.41) is 9.52. The van der Waals surface area contributed by atoms with Crippen LogP contribution in [0.4, 0.5) is 0 Å². The molecule has 2 aromatic carbocycles. The Morgan fingerprint density at radius 2 is 1.03 bits per heavy atom. The van der Waals surface area contributed by atoms with Gasteiger partial charge in [-0.05, 0) is 62.1 Å². The van der Waals surface area contributed by atoms with E-state index in [2.05, 4.69) is 21.1 Å². The van der Waals surface area contributed by atoms with Gasteiger partial charge in [0.05, 0.1) is 11.4 Å². The molecule has 0 aliphatic heterocycles. The second-order valence-electron chi connectivity index (χ2n) is 7.04. The number of hydrazone groups is 2. The van der Waals surface area contributed by atoms with Crippen molar-refractivity contribution in [2.24, 2.45) is 10.2 Å². The molecule has 0 heterocycles. The fraction of sp³-hybridized carbons (Fsp3) is 0.304. The topological polar surface area (TPSA) is 82.9 Å². The van der Waals surface area contributed by atoms with Crippen molar-refractivity contribution in [2.75, 3.05) is 0 Å². The van der Waals surface area contributed by atoms with Gasteiger partial charge in [0, 0.05) is 22.9 Å². The summed E-state index contributed by atoms with van der Waals surface area (Å²) in [6.45, 7) is 3.64. The van der Waals surface area contributed by atoms with Crippen molar-refractivity contribution >= 4 is 46.4 Å². The van der Waals surface area contributed by atoms with Crippen LogP contribution in [0.25, 0.3) is 0 Å². The van der Waals surface area contributed by atoms with Crippen molar-refractivity contribution in [1.29, 1.82) is 0 Å². The van der Waals surface area contributed by atoms with E-state index in [1.54, 1.807) is 24.3 Å². The highest BCUT2D eigenvalue weighted by molar-refractivity contribution is 6.31. The lowest BCUT2D eigenvalue weighted by Gasteiger charge is -2.04. The first-order chi connectivity index (χ1) is 14.8. The van der Waals surface area contributed by atoms with Crippen LogP contribution in [-0.4, -0.2) is 23.2 Å². The Morgan fingerprint density at radius 1 is 0.677 bits per heavy atom. The van der Waals surface area contributed by atoms with Gasteiger partial charge in [0.15, 0.2) is 0 Å². The lowest BCUT2D eigenvalue weighted by atomic mass is 10.1. The number of carbonyl (C=O) groups excluding carboxylic acids is 2. The van der Waals surface area contributed by atoms with Crippen molar-refractivity contribution < 1.29 is 9.59 Å². The normalized spacial score (nSPS) is 11.9. The van der Waals surface area contributed by atoms with Crippen molar-refractivity contribution in [3.63, 3.8) is 0 Å². The zero-order valence-electron chi connectivity index (χ0n) is 17.6. The zero-order valence-corrected chi connectivity index (χ0v) is 19.1. The van der Waals surface area contributed by atoms with Crippen LogP contribution in [0.1, 0.15) is 57.1 Å². The van der Waals surface area contributed by atoms with Crippen molar-refractivity contribution in [3.05, 3.63) is 69.7 Å². The number of amides is 2. The van der Waals surface area contributed by atoms with Crippen LogP contribution in [0.5, 0.6) is 0 Å². The van der Waals surface area contributed by atoms with E-state index >= 15 is 0 Å². The van der Waals surface area contributed by atoms with Gasteiger partial charge < -0.3 is 0 Å². The Morgan fingerprint density at radius 3 is 1.39 bits per heavy atom. The average molecular weight is 461 g/mol. The van der Waals surface area contributed by atoms with Crippen LogP contribution in [0, 0.1) is 0 Å². The van der Waals surface area contributed by atoms with Crippen molar-refractivity contribution in [1.82, 2.24) is 10.9 Å². The first-order valence-electron chi connectivity index (χ1n) is 10.0. The maximum atomic E-state index is 11.9. The van der Waals surface area contributed by atoms with Crippen LogP contribution >= 0.6 is 23.2 Å². The number of carbonyl (C=O) groups is 2. The Bertz CT molecular complexity index is 862. The van der Waals surface area contributed by atoms with Crippen LogP contribution in [0.15, 0.2) is 58.7 Å². The van der Waals surface area contributed by atoms with Crippen LogP contribution in [0.2, 0.25) is 10.0 Å². The standard InChI is InChI=1S/C23H26Cl2N4O2/c1-16(18-8-12-20(24)13-9-18)26-28-22(30)6-4-3-5-7-23(31)29-27-17(2)19-10-14-21(25)15-11-19/h8-15H,3-7H2,1-2H3,(H,28,30)(H,29,31). The zero-order chi connectivity index (χ0) is 22.6. The molecule has 0 saturated carbocycles. The predicted molar refractivity (Wildman–Crippen MR) is 127 cm³/mol. The van der Waals surface area contributed by atoms with E-state index in [0.29, 0.717) is 47.2 Å². The van der Waals surface area contributed by atoms with E-state index < -0.39 is 0 Å². The molecule has 6 nitrogen and oxygen atoms in total. The molecule has 2 N–H and O–H groups in total. The number of hydrogen-bond donors (Lipinski definition) is 2. The maximum Gasteiger partial charge on any atom is 0.240 e. The van der Waals surface area contributed by atoms with E-state index in [4.69, 9.17) is 23.2 Å². The number of hydrogen-bond acceptors (Lipinski definition) is 4. The number of benzene rings is 2. The highest BCUT2D eigenvalue weighted by Gasteiger charge is 2.04. The third-order valence-electron chi connectivity index (χ3n) is 4.53. The summed E-state index contributed by atoms with van der Waals surface area (Å²) in [6.07, 6.45) is 2.84. The molecule has 0 aliphatic carbocycles. The van der Waals surface area contributed by atoms with Gasteiger partial charge in [-0.1, -0.05) is 53.9 Å². The lowest BCUT2D eigenvalue weighted by molar-refractivity contribution is -0.121. The van der Waals surface area contributed by atoms with Crippen molar-refractivity contribution in [2.45, 2.75) is 46.0 Å². The number of nitrogens with zero attached hydrogens (tertiary/aromatic N) is 2. The number of halogens is 2. The SMILES string of the molecule is CC(=NNC(=O)CCCCCC(=O)NN=C(C)c1ccc(Cl)cc1)c1ccc(Cl)cc1. The molecule has 0 atom stereocenters. The summed E-state index contributed by atoms with van der Waals surface area (Å²) in [7, 11) is 0. The number of unbranched alkanes of at least 4 members (excludes halogenated alkanes) is 2. The van der Waals surface area contributed by atoms with Gasteiger partial charge in [0.1, 0.15) is 0 Å². The second kappa shape index (κ2) is 12.9. The summed E-state index contributed by atoms with van der Waals surface area (Å²) in [5.41, 5.74) is 8.31. The minimum atomic E-state index is -0.152. The summed E-state index contributed by atoms with van der Waals surface area (Å²) in [6, 6.07) is 14.5. The lowest BCUT2D eigenvalue weighted by Crippen LogP contribution is -2.19. The van der Waals surface area contributed by atoms with Crippen LogP contribution in [-0.2, 0) is 9.59 Å². The average Bonchev–Trinajstić information content (AvgIpc) is 2.76. The summed E-state index contributed by atoms with van der Waals surface area (Å²) in [5.74, 6) is -0.304. The molecular weight excluding hydrogens is 435 g/mol. The number of nitrogens with one attached hydrogen (secondary N) is 2. The summed E-state index contributed by atoms with van der Waals surface area (Å²) < 4.78 is 0. The molecule has 0 bridgehead atoms. The first kappa shape index (κ1) is 24.6. The molecule has 0 fully saturated rings. The molecular formula is C23H26Cl2N4O2. The third kappa shape index (κ3) is 9.32. The Labute approximate surface area is 192 Å². The Balaban J connectivity index is 1.61. The largest absolute Gasteiger partial charge is 0.273 e. The van der Waals surface area contributed by atoms with E-state index in [0.717, 1.165) is 17.5 Å². The van der Waals surface area contributed by atoms with Crippen LogP contribution < -0.4 is 10.9 Å². The molecule has 0 aromatic heterocycles. The maximum absolute atomic E-state index is 11.9. The molecule has 2 aromatic rings. The monoisotopic (exact) mass is 460 g/mol. The van der Waals surface area contributed by atoms with E-state index in [1.807, 2.05) is 38.1 Å². The molecule has 0 aliphatic rings. The van der Waals surface area contributed by atoms with Gasteiger partial charge in [0.2, 0.25) is 11.8 Å². The van der Waals surface area contributed by atoms with Crippen molar-refractivity contribution in [3.8, 4) is 0 Å². The minimum Gasteiger partial charge on any atom is -0.273 e. The fourth-order valence-electron chi connectivity index (χ4n) is 2.66. The molecule has 0 spiro atoms. The molecule has 2 rings (SSSR count). The summed E-state index contributed by atoms with van der Waals surface area (Å²) >= 11 is 11.7. The molecule has 2 amide bonds. The van der Waals surface area contributed by atoms with Gasteiger partial charge >= 0.3 is 0 Å². The van der Waals surface area contributed by atoms with Gasteiger partial charge in [-0.25, -0.2) is 10.9 Å². The highest BCUT2D eigenvalue weighted by Crippen LogP contribution is 2.11. The van der Waals surface area contributed by atoms with Crippen LogP contribution in [0.3, 0.4) is 0 Å². The third-order valence-corrected chi connectivity index (χ3v) is 5.03. The van der Waals surface area contributed by atoms with Gasteiger partial charge in [-0.15, -0.1) is 0 Å². The second-order valence-corrected chi connectivity index (χ2v) is 7.91. The minimum absolute atomic E-state index is 0.152. The Kier molecular flexibility index (Phi) is 10.2. The van der Waals surface area contributed by atoms with E-state index in [1.165, 1.54) is 0 Å². The first-order valence-corrected chi connectivity index (χ1v) is 10.8. The van der Waals surface area contributed by atoms with Gasteiger partial charge in [0.25, 0.3) is 0 Å². The highest BCUT2D eigenvalue weighted by atomic mass is 35.5. The summed E-state index contributed by atoms with van der Waals surface area (Å²) in [4.78, 5) is 23.8. The van der Waals surface area contributed by atoms with E-state index in [9.17, 15) is 9.59 Å². The molecule has 0 unspecified atom stereocenters. The molecule has 31 heavy (non-hydrogen) atoms. The molecule has 8 heteroatoms. The number of rotatable bonds is 10. The molecule has 0 saturated heterocycles. The van der Waals surface area contributed by atoms with Gasteiger partial charge in [-0.3, -0.25) is 9.59 Å². The molecule has 164 valence electrons. The molecule has 0 radical (unpaired) electrons.